The van der Waals surface area contributed by atoms with Gasteiger partial charge in [0.25, 0.3) is 0 Å². The number of anilines is 1. The molecule has 1 aromatic rings. The summed E-state index contributed by atoms with van der Waals surface area (Å²) in [7, 11) is -0.268. The van der Waals surface area contributed by atoms with Crippen molar-refractivity contribution in [3.63, 3.8) is 0 Å². The molecule has 1 aliphatic heterocycles. The van der Waals surface area contributed by atoms with E-state index in [1.54, 1.807) is 26.2 Å². The van der Waals surface area contributed by atoms with Crippen LogP contribution in [-0.4, -0.2) is 46.5 Å². The third-order valence-corrected chi connectivity index (χ3v) is 6.23. The van der Waals surface area contributed by atoms with E-state index >= 15 is 0 Å². The molecule has 0 bridgehead atoms. The second-order valence-corrected chi connectivity index (χ2v) is 8.14. The van der Waals surface area contributed by atoms with Gasteiger partial charge in [-0.1, -0.05) is 6.92 Å². The first kappa shape index (κ1) is 16.3. The Morgan fingerprint density at radius 3 is 2.43 bits per heavy atom. The van der Waals surface area contributed by atoms with Crippen LogP contribution in [0.4, 0.5) is 5.69 Å². The van der Waals surface area contributed by atoms with Crippen LogP contribution in [0.3, 0.4) is 0 Å². The first-order valence-corrected chi connectivity index (χ1v) is 8.78. The van der Waals surface area contributed by atoms with Crippen LogP contribution < -0.4 is 10.6 Å². The third-order valence-electron chi connectivity index (χ3n) is 4.40. The largest absolute Gasteiger partial charge is 0.371 e. The Labute approximate surface area is 127 Å². The van der Waals surface area contributed by atoms with Gasteiger partial charge in [0.2, 0.25) is 10.0 Å². The van der Waals surface area contributed by atoms with E-state index in [-0.39, 0.29) is 0 Å². The van der Waals surface area contributed by atoms with Gasteiger partial charge in [0.1, 0.15) is 0 Å². The van der Waals surface area contributed by atoms with Gasteiger partial charge in [-0.05, 0) is 49.1 Å². The highest BCUT2D eigenvalue weighted by molar-refractivity contribution is 7.89. The Morgan fingerprint density at radius 1 is 1.29 bits per heavy atom. The zero-order chi connectivity index (χ0) is 15.6. The fraction of sp³-hybridized carbons (Fsp3) is 0.600. The second kappa shape index (κ2) is 6.34. The number of hydrogen-bond donors (Lipinski definition) is 1. The first-order valence-electron chi connectivity index (χ1n) is 7.34. The van der Waals surface area contributed by atoms with Crippen LogP contribution in [0.5, 0.6) is 0 Å². The second-order valence-electron chi connectivity index (χ2n) is 5.99. The number of rotatable bonds is 4. The number of piperidine rings is 1. The molecule has 118 valence electrons. The maximum Gasteiger partial charge on any atom is 0.242 e. The fourth-order valence-corrected chi connectivity index (χ4v) is 3.63. The van der Waals surface area contributed by atoms with Crippen molar-refractivity contribution >= 4 is 15.7 Å². The molecule has 0 aromatic heterocycles. The highest BCUT2D eigenvalue weighted by atomic mass is 32.2. The third kappa shape index (κ3) is 3.39. The fourth-order valence-electron chi connectivity index (χ4n) is 2.73. The molecule has 0 radical (unpaired) electrons. The van der Waals surface area contributed by atoms with E-state index in [9.17, 15) is 8.42 Å². The van der Waals surface area contributed by atoms with Crippen LogP contribution in [0.1, 0.15) is 13.3 Å². The van der Waals surface area contributed by atoms with Crippen molar-refractivity contribution in [2.24, 2.45) is 17.6 Å². The smallest absolute Gasteiger partial charge is 0.242 e. The van der Waals surface area contributed by atoms with Crippen LogP contribution >= 0.6 is 0 Å². The molecule has 2 unspecified atom stereocenters. The first-order chi connectivity index (χ1) is 9.86. The number of nitrogens with two attached hydrogens (primary N) is 1. The summed E-state index contributed by atoms with van der Waals surface area (Å²) >= 11 is 0. The van der Waals surface area contributed by atoms with Crippen molar-refractivity contribution in [3.8, 4) is 0 Å². The van der Waals surface area contributed by atoms with Crippen molar-refractivity contribution in [2.45, 2.75) is 18.2 Å². The minimum atomic E-state index is -3.35. The van der Waals surface area contributed by atoms with Crippen molar-refractivity contribution in [3.05, 3.63) is 24.3 Å². The van der Waals surface area contributed by atoms with Crippen LogP contribution in [0, 0.1) is 11.8 Å². The average molecular weight is 311 g/mol. The normalized spacial score (nSPS) is 23.6. The maximum absolute atomic E-state index is 12.1. The highest BCUT2D eigenvalue weighted by Crippen LogP contribution is 2.27. The molecule has 6 heteroatoms. The lowest BCUT2D eigenvalue weighted by Gasteiger charge is -2.38. The molecule has 1 fully saturated rings. The number of hydrogen-bond acceptors (Lipinski definition) is 4. The summed E-state index contributed by atoms with van der Waals surface area (Å²) in [6.45, 7) is 4.89. The monoisotopic (exact) mass is 311 g/mol. The summed E-state index contributed by atoms with van der Waals surface area (Å²) in [6, 6.07) is 7.14. The molecule has 1 heterocycles. The van der Waals surface area contributed by atoms with E-state index in [0.717, 1.165) is 25.2 Å². The Bertz CT molecular complexity index is 569. The quantitative estimate of drug-likeness (QED) is 0.912. The van der Waals surface area contributed by atoms with Gasteiger partial charge < -0.3 is 10.6 Å². The minimum Gasteiger partial charge on any atom is -0.371 e. The van der Waals surface area contributed by atoms with Gasteiger partial charge in [-0.2, -0.15) is 0 Å². The molecule has 0 saturated carbocycles. The topological polar surface area (TPSA) is 66.6 Å². The Hall–Kier alpha value is -1.11. The summed E-state index contributed by atoms with van der Waals surface area (Å²) in [5.41, 5.74) is 6.90. The minimum absolute atomic E-state index is 0.331. The van der Waals surface area contributed by atoms with Gasteiger partial charge in [0.15, 0.2) is 0 Å². The molecule has 5 nitrogen and oxygen atoms in total. The summed E-state index contributed by atoms with van der Waals surface area (Å²) in [4.78, 5) is 2.63. The Morgan fingerprint density at radius 2 is 1.90 bits per heavy atom. The van der Waals surface area contributed by atoms with Crippen molar-refractivity contribution in [2.75, 3.05) is 38.6 Å². The summed E-state index contributed by atoms with van der Waals surface area (Å²) in [5, 5.41) is 0. The van der Waals surface area contributed by atoms with Crippen LogP contribution in [0.25, 0.3) is 0 Å². The predicted octanol–water partition coefficient (Wildman–Crippen LogP) is 1.36. The van der Waals surface area contributed by atoms with Crippen molar-refractivity contribution in [1.29, 1.82) is 0 Å². The van der Waals surface area contributed by atoms with E-state index in [2.05, 4.69) is 11.8 Å². The van der Waals surface area contributed by atoms with Gasteiger partial charge in [0, 0.05) is 32.9 Å². The van der Waals surface area contributed by atoms with Gasteiger partial charge >= 0.3 is 0 Å². The summed E-state index contributed by atoms with van der Waals surface area (Å²) in [5.74, 6) is 1.16. The molecule has 1 aliphatic rings. The molecular formula is C15H25N3O2S. The van der Waals surface area contributed by atoms with E-state index in [4.69, 9.17) is 5.73 Å². The van der Waals surface area contributed by atoms with Gasteiger partial charge in [0.05, 0.1) is 4.90 Å². The lowest BCUT2D eigenvalue weighted by molar-refractivity contribution is 0.308. The molecule has 0 aliphatic carbocycles. The Balaban J connectivity index is 2.16. The lowest BCUT2D eigenvalue weighted by Crippen LogP contribution is -2.42. The lowest BCUT2D eigenvalue weighted by atomic mass is 9.87. The van der Waals surface area contributed by atoms with E-state index < -0.39 is 10.0 Å². The van der Waals surface area contributed by atoms with Gasteiger partial charge in [-0.3, -0.25) is 0 Å². The van der Waals surface area contributed by atoms with E-state index in [1.165, 1.54) is 4.31 Å². The number of benzene rings is 1. The van der Waals surface area contributed by atoms with E-state index in [1.807, 2.05) is 12.1 Å². The Kier molecular flexibility index (Phi) is 4.91. The van der Waals surface area contributed by atoms with E-state index in [0.29, 0.717) is 23.3 Å². The molecule has 21 heavy (non-hydrogen) atoms. The SMILES string of the molecule is CC1CCN(c2ccc(S(=O)(=O)N(C)C)cc2)CC1CN. The molecular weight excluding hydrogens is 286 g/mol. The molecule has 1 saturated heterocycles. The molecule has 0 spiro atoms. The van der Waals surface area contributed by atoms with Crippen molar-refractivity contribution < 1.29 is 8.42 Å². The van der Waals surface area contributed by atoms with Crippen LogP contribution in [-0.2, 0) is 10.0 Å². The number of sulfonamides is 1. The summed E-state index contributed by atoms with van der Waals surface area (Å²) in [6.07, 6.45) is 1.12. The average Bonchev–Trinajstić information content (AvgIpc) is 2.47. The molecule has 2 atom stereocenters. The van der Waals surface area contributed by atoms with Gasteiger partial charge in [-0.15, -0.1) is 0 Å². The standard InChI is InChI=1S/C15H25N3O2S/c1-12-8-9-18(11-13(12)10-16)14-4-6-15(7-5-14)21(19,20)17(2)3/h4-7,12-13H,8-11,16H2,1-3H3. The molecule has 0 amide bonds. The zero-order valence-corrected chi connectivity index (χ0v) is 13.8. The zero-order valence-electron chi connectivity index (χ0n) is 13.0. The van der Waals surface area contributed by atoms with Crippen molar-refractivity contribution in [1.82, 2.24) is 4.31 Å². The molecule has 2 rings (SSSR count). The van der Waals surface area contributed by atoms with Crippen LogP contribution in [0.2, 0.25) is 0 Å². The number of nitrogens with zero attached hydrogens (tertiary/aromatic N) is 2. The predicted molar refractivity (Wildman–Crippen MR) is 85.9 cm³/mol. The molecule has 2 N–H and O–H groups in total. The maximum atomic E-state index is 12.1. The van der Waals surface area contributed by atoms with Crippen LogP contribution in [0.15, 0.2) is 29.2 Å². The highest BCUT2D eigenvalue weighted by Gasteiger charge is 2.25. The summed E-state index contributed by atoms with van der Waals surface area (Å²) < 4.78 is 25.3. The molecule has 1 aromatic carbocycles. The van der Waals surface area contributed by atoms with Gasteiger partial charge in [-0.25, -0.2) is 12.7 Å².